The molecule has 2 N–H and O–H groups in total. The number of nitro groups is 1. The highest BCUT2D eigenvalue weighted by molar-refractivity contribution is 5.93. The van der Waals surface area contributed by atoms with Crippen molar-refractivity contribution < 1.29 is 9.72 Å². The summed E-state index contributed by atoms with van der Waals surface area (Å²) in [5, 5.41) is 11.8. The maximum atomic E-state index is 12.1. The van der Waals surface area contributed by atoms with Crippen molar-refractivity contribution in [2.45, 2.75) is 27.7 Å². The third kappa shape index (κ3) is 5.60. The van der Waals surface area contributed by atoms with E-state index in [0.29, 0.717) is 13.1 Å². The molecule has 0 saturated carbocycles. The lowest BCUT2D eigenvalue weighted by molar-refractivity contribution is -0.383. The first-order valence-electron chi connectivity index (χ1n) is 9.01. The third-order valence-electron chi connectivity index (χ3n) is 3.65. The summed E-state index contributed by atoms with van der Waals surface area (Å²) in [5.74, 6) is 0.173. The van der Waals surface area contributed by atoms with Crippen molar-refractivity contribution in [2.24, 2.45) is 11.8 Å². The summed E-state index contributed by atoms with van der Waals surface area (Å²) in [6.07, 6.45) is 2.72. The second-order valence-electron chi connectivity index (χ2n) is 7.14. The van der Waals surface area contributed by atoms with Gasteiger partial charge in [-0.3, -0.25) is 30.7 Å². The van der Waals surface area contributed by atoms with Gasteiger partial charge in [-0.2, -0.15) is 0 Å². The molecule has 150 valence electrons. The van der Waals surface area contributed by atoms with Gasteiger partial charge in [0, 0.05) is 19.3 Å². The molecule has 0 atom stereocenters. The number of carbonyl (C=O) groups is 1. The molecule has 28 heavy (non-hydrogen) atoms. The monoisotopic (exact) mass is 387 g/mol. The second kappa shape index (κ2) is 9.58. The van der Waals surface area contributed by atoms with Gasteiger partial charge in [-0.25, -0.2) is 9.97 Å². The van der Waals surface area contributed by atoms with E-state index in [1.54, 1.807) is 12.1 Å². The van der Waals surface area contributed by atoms with Crippen molar-refractivity contribution >= 4 is 23.2 Å². The van der Waals surface area contributed by atoms with Crippen molar-refractivity contribution in [3.8, 4) is 0 Å². The zero-order valence-corrected chi connectivity index (χ0v) is 16.4. The minimum Gasteiger partial charge on any atom is -0.350 e. The lowest BCUT2D eigenvalue weighted by Gasteiger charge is -2.27. The molecular formula is C18H25N7O3. The highest BCUT2D eigenvalue weighted by atomic mass is 16.6. The average molecular weight is 387 g/mol. The Kier molecular flexibility index (Phi) is 7.19. The summed E-state index contributed by atoms with van der Waals surface area (Å²) >= 11 is 0. The van der Waals surface area contributed by atoms with Crippen LogP contribution in [-0.2, 0) is 0 Å². The number of hydrogen-bond acceptors (Lipinski definition) is 8. The van der Waals surface area contributed by atoms with Crippen molar-refractivity contribution in [1.82, 2.24) is 20.4 Å². The summed E-state index contributed by atoms with van der Waals surface area (Å²) in [4.78, 5) is 37.3. The van der Waals surface area contributed by atoms with Crippen LogP contribution < -0.4 is 15.8 Å². The number of carbonyl (C=O) groups excluding carboxylic acids is 1. The van der Waals surface area contributed by atoms with E-state index in [-0.39, 0.29) is 34.9 Å². The molecule has 0 aromatic carbocycles. The fraction of sp³-hybridized carbons (Fsp3) is 0.444. The molecule has 0 aliphatic carbocycles. The van der Waals surface area contributed by atoms with Crippen LogP contribution in [-0.4, -0.2) is 38.9 Å². The van der Waals surface area contributed by atoms with Crippen LogP contribution in [0.2, 0.25) is 0 Å². The van der Waals surface area contributed by atoms with Crippen LogP contribution in [0, 0.1) is 22.0 Å². The van der Waals surface area contributed by atoms with Crippen LogP contribution in [0.1, 0.15) is 38.2 Å². The van der Waals surface area contributed by atoms with Gasteiger partial charge < -0.3 is 4.90 Å². The van der Waals surface area contributed by atoms with Crippen molar-refractivity contribution in [3.05, 3.63) is 46.5 Å². The van der Waals surface area contributed by atoms with Gasteiger partial charge in [-0.05, 0) is 24.0 Å². The number of nitrogens with one attached hydrogen (secondary N) is 2. The molecule has 1 amide bonds. The quantitative estimate of drug-likeness (QED) is 0.497. The van der Waals surface area contributed by atoms with Crippen LogP contribution >= 0.6 is 0 Å². The van der Waals surface area contributed by atoms with E-state index >= 15 is 0 Å². The molecule has 2 aromatic heterocycles. The number of nitrogens with zero attached hydrogens (tertiary/aromatic N) is 5. The molecule has 0 aliphatic heterocycles. The first kappa shape index (κ1) is 21.0. The number of hydrazine groups is 1. The van der Waals surface area contributed by atoms with E-state index in [4.69, 9.17) is 0 Å². The van der Waals surface area contributed by atoms with Gasteiger partial charge in [0.15, 0.2) is 0 Å². The van der Waals surface area contributed by atoms with Crippen LogP contribution in [0.15, 0.2) is 30.7 Å². The van der Waals surface area contributed by atoms with E-state index in [0.717, 1.165) is 0 Å². The highest BCUT2D eigenvalue weighted by Crippen LogP contribution is 2.32. The van der Waals surface area contributed by atoms with Gasteiger partial charge in [0.05, 0.1) is 4.92 Å². The van der Waals surface area contributed by atoms with Crippen molar-refractivity contribution in [3.63, 3.8) is 0 Å². The van der Waals surface area contributed by atoms with Crippen molar-refractivity contribution in [2.75, 3.05) is 23.4 Å². The molecule has 0 aliphatic rings. The summed E-state index contributed by atoms with van der Waals surface area (Å²) in [7, 11) is 0. The number of pyridine rings is 1. The molecule has 0 saturated heterocycles. The van der Waals surface area contributed by atoms with Crippen LogP contribution in [0.4, 0.5) is 17.3 Å². The number of anilines is 2. The minimum atomic E-state index is -0.543. The van der Waals surface area contributed by atoms with Crippen LogP contribution in [0.25, 0.3) is 0 Å². The largest absolute Gasteiger partial charge is 0.355 e. The normalized spacial score (nSPS) is 10.8. The predicted molar refractivity (Wildman–Crippen MR) is 106 cm³/mol. The predicted octanol–water partition coefficient (Wildman–Crippen LogP) is 2.66. The standard InChI is InChI=1S/C18H25N7O3/c1-12(2)9-24(10-13(3)4)17-15(25(27)28)16(20-11-21-17)22-23-18(26)14-7-5-6-8-19-14/h5-8,11-13H,9-10H2,1-4H3,(H,23,26)(H,20,21,22). The molecular weight excluding hydrogens is 362 g/mol. The summed E-state index contributed by atoms with van der Waals surface area (Å²) in [6.45, 7) is 9.35. The lowest BCUT2D eigenvalue weighted by atomic mass is 10.1. The molecule has 0 radical (unpaired) electrons. The van der Waals surface area contributed by atoms with Crippen molar-refractivity contribution in [1.29, 1.82) is 0 Å². The Labute approximate surface area is 163 Å². The molecule has 2 rings (SSSR count). The number of hydrogen-bond donors (Lipinski definition) is 2. The number of aromatic nitrogens is 3. The third-order valence-corrected chi connectivity index (χ3v) is 3.65. The Bertz CT molecular complexity index is 802. The molecule has 2 heterocycles. The van der Waals surface area contributed by atoms with Gasteiger partial charge in [-0.1, -0.05) is 33.8 Å². The maximum absolute atomic E-state index is 12.1. The van der Waals surface area contributed by atoms with E-state index in [1.807, 2.05) is 32.6 Å². The first-order chi connectivity index (χ1) is 13.3. The fourth-order valence-corrected chi connectivity index (χ4v) is 2.67. The zero-order valence-electron chi connectivity index (χ0n) is 16.4. The highest BCUT2D eigenvalue weighted by Gasteiger charge is 2.28. The first-order valence-corrected chi connectivity index (χ1v) is 9.01. The van der Waals surface area contributed by atoms with Gasteiger partial charge in [0.1, 0.15) is 12.0 Å². The smallest absolute Gasteiger partial charge is 0.350 e. The van der Waals surface area contributed by atoms with Gasteiger partial charge >= 0.3 is 5.69 Å². The Morgan fingerprint density at radius 3 is 2.36 bits per heavy atom. The van der Waals surface area contributed by atoms with E-state index < -0.39 is 10.8 Å². The Morgan fingerprint density at radius 2 is 1.82 bits per heavy atom. The van der Waals surface area contributed by atoms with Gasteiger partial charge in [0.2, 0.25) is 11.6 Å². The molecule has 0 fully saturated rings. The Balaban J connectivity index is 2.31. The van der Waals surface area contributed by atoms with Gasteiger partial charge in [-0.15, -0.1) is 0 Å². The van der Waals surface area contributed by atoms with Crippen LogP contribution in [0.3, 0.4) is 0 Å². The summed E-state index contributed by atoms with van der Waals surface area (Å²) in [5.41, 5.74) is 4.82. The Hall–Kier alpha value is -3.30. The number of amides is 1. The molecule has 0 unspecified atom stereocenters. The molecule has 2 aromatic rings. The van der Waals surface area contributed by atoms with E-state index in [2.05, 4.69) is 25.8 Å². The van der Waals surface area contributed by atoms with E-state index in [1.165, 1.54) is 18.6 Å². The van der Waals surface area contributed by atoms with E-state index in [9.17, 15) is 14.9 Å². The number of rotatable bonds is 9. The Morgan fingerprint density at radius 1 is 1.14 bits per heavy atom. The SMILES string of the molecule is CC(C)CN(CC(C)C)c1ncnc(NNC(=O)c2ccccn2)c1[N+](=O)[O-]. The lowest BCUT2D eigenvalue weighted by Crippen LogP contribution is -2.34. The molecule has 10 nitrogen and oxygen atoms in total. The molecule has 0 spiro atoms. The zero-order chi connectivity index (χ0) is 20.7. The summed E-state index contributed by atoms with van der Waals surface area (Å²) < 4.78 is 0. The topological polar surface area (TPSA) is 126 Å². The fourth-order valence-electron chi connectivity index (χ4n) is 2.67. The molecule has 10 heteroatoms. The van der Waals surface area contributed by atoms with Gasteiger partial charge in [0.25, 0.3) is 5.91 Å². The second-order valence-corrected chi connectivity index (χ2v) is 7.14. The van der Waals surface area contributed by atoms with Crippen LogP contribution in [0.5, 0.6) is 0 Å². The minimum absolute atomic E-state index is 0.0863. The molecule has 0 bridgehead atoms. The maximum Gasteiger partial charge on any atom is 0.355 e. The average Bonchev–Trinajstić information content (AvgIpc) is 2.65. The summed E-state index contributed by atoms with van der Waals surface area (Å²) in [6, 6.07) is 4.89.